The maximum atomic E-state index is 12.9. The second kappa shape index (κ2) is 9.53. The maximum absolute atomic E-state index is 12.9. The van der Waals surface area contributed by atoms with Crippen LogP contribution in [0.5, 0.6) is 11.5 Å². The van der Waals surface area contributed by atoms with E-state index in [0.717, 1.165) is 35.8 Å². The molecule has 3 rings (SSSR count). The molecule has 2 heterocycles. The van der Waals surface area contributed by atoms with Crippen molar-refractivity contribution in [2.45, 2.75) is 78.4 Å². The summed E-state index contributed by atoms with van der Waals surface area (Å²) in [7, 11) is 1.58. The van der Waals surface area contributed by atoms with Gasteiger partial charge in [-0.25, -0.2) is 4.79 Å². The van der Waals surface area contributed by atoms with Gasteiger partial charge in [0.1, 0.15) is 22.7 Å². The van der Waals surface area contributed by atoms with Gasteiger partial charge in [0.05, 0.1) is 25.1 Å². The molecule has 0 aliphatic carbocycles. The van der Waals surface area contributed by atoms with E-state index in [9.17, 15) is 14.7 Å². The van der Waals surface area contributed by atoms with Gasteiger partial charge in [0.25, 0.3) is 0 Å². The van der Waals surface area contributed by atoms with Crippen molar-refractivity contribution in [1.29, 1.82) is 0 Å². The summed E-state index contributed by atoms with van der Waals surface area (Å²) >= 11 is 0. The molecule has 0 spiro atoms. The van der Waals surface area contributed by atoms with Crippen molar-refractivity contribution in [1.82, 2.24) is 5.32 Å². The van der Waals surface area contributed by atoms with Crippen molar-refractivity contribution in [3.63, 3.8) is 0 Å². The molecule has 0 saturated carbocycles. The van der Waals surface area contributed by atoms with Crippen molar-refractivity contribution >= 4 is 16.9 Å². The number of carbonyl (C=O) groups excluding carboxylic acids is 1. The number of aryl methyl sites for hydroxylation is 2. The minimum atomic E-state index is -0.441. The molecule has 1 aliphatic heterocycles. The topological polar surface area (TPSA) is 98.0 Å². The first-order valence-corrected chi connectivity index (χ1v) is 11.4. The highest BCUT2D eigenvalue weighted by atomic mass is 16.5. The summed E-state index contributed by atoms with van der Waals surface area (Å²) in [6.45, 7) is 9.82. The van der Waals surface area contributed by atoms with Crippen LogP contribution in [0.15, 0.2) is 15.3 Å². The molecule has 2 aromatic rings. The molecule has 0 bridgehead atoms. The van der Waals surface area contributed by atoms with Crippen LogP contribution in [0.3, 0.4) is 0 Å². The largest absolute Gasteiger partial charge is 0.496 e. The van der Waals surface area contributed by atoms with Crippen molar-refractivity contribution in [3.8, 4) is 11.5 Å². The lowest BCUT2D eigenvalue weighted by Crippen LogP contribution is -2.42. The van der Waals surface area contributed by atoms with Gasteiger partial charge >= 0.3 is 5.63 Å². The average molecular weight is 446 g/mol. The number of benzene rings is 1. The van der Waals surface area contributed by atoms with Crippen LogP contribution in [-0.2, 0) is 17.6 Å². The molecule has 2 atom stereocenters. The second-order valence-corrected chi connectivity index (χ2v) is 9.36. The number of aliphatic hydroxyl groups is 1. The number of amides is 1. The summed E-state index contributed by atoms with van der Waals surface area (Å²) in [5.74, 6) is 1.23. The molecular formula is C25H35NO6. The van der Waals surface area contributed by atoms with E-state index >= 15 is 0 Å². The Morgan fingerprint density at radius 1 is 1.38 bits per heavy atom. The smallest absolute Gasteiger partial charge is 0.339 e. The Balaban J connectivity index is 1.93. The average Bonchev–Trinajstić information content (AvgIpc) is 2.74. The molecular weight excluding hydrogens is 410 g/mol. The van der Waals surface area contributed by atoms with Crippen LogP contribution in [0.25, 0.3) is 11.0 Å². The zero-order valence-electron chi connectivity index (χ0n) is 20.0. The van der Waals surface area contributed by atoms with Crippen LogP contribution in [0.1, 0.15) is 63.6 Å². The van der Waals surface area contributed by atoms with Crippen LogP contribution >= 0.6 is 0 Å². The Morgan fingerprint density at radius 2 is 2.09 bits per heavy atom. The van der Waals surface area contributed by atoms with Crippen molar-refractivity contribution in [2.24, 2.45) is 5.92 Å². The molecule has 0 radical (unpaired) electrons. The van der Waals surface area contributed by atoms with Gasteiger partial charge in [-0.05, 0) is 51.5 Å². The van der Waals surface area contributed by atoms with Gasteiger partial charge in [-0.3, -0.25) is 4.79 Å². The monoisotopic (exact) mass is 445 g/mol. The van der Waals surface area contributed by atoms with Gasteiger partial charge in [-0.1, -0.05) is 20.3 Å². The first-order chi connectivity index (χ1) is 15.1. The number of fused-ring (bicyclic) bond motifs is 3. The summed E-state index contributed by atoms with van der Waals surface area (Å²) in [5, 5.41) is 13.2. The van der Waals surface area contributed by atoms with E-state index in [4.69, 9.17) is 13.9 Å². The van der Waals surface area contributed by atoms with Crippen LogP contribution < -0.4 is 20.4 Å². The molecule has 0 saturated heterocycles. The molecule has 7 heteroatoms. The highest BCUT2D eigenvalue weighted by Crippen LogP contribution is 2.43. The molecule has 176 valence electrons. The Morgan fingerprint density at radius 3 is 2.72 bits per heavy atom. The van der Waals surface area contributed by atoms with Crippen molar-refractivity contribution in [3.05, 3.63) is 33.2 Å². The van der Waals surface area contributed by atoms with Gasteiger partial charge < -0.3 is 24.3 Å². The minimum Gasteiger partial charge on any atom is -0.496 e. The Labute approximate surface area is 189 Å². The van der Waals surface area contributed by atoms with E-state index in [2.05, 4.69) is 5.32 Å². The number of aliphatic hydroxyl groups excluding tert-OH is 1. The third kappa shape index (κ3) is 4.77. The van der Waals surface area contributed by atoms with Gasteiger partial charge in [0.2, 0.25) is 5.91 Å². The number of methoxy groups -OCH3 is 1. The molecule has 32 heavy (non-hydrogen) atoms. The van der Waals surface area contributed by atoms with Crippen molar-refractivity contribution in [2.75, 3.05) is 13.7 Å². The number of rotatable bonds is 8. The Bertz CT molecular complexity index is 1050. The normalized spacial score (nSPS) is 16.7. The molecule has 0 fully saturated rings. The minimum absolute atomic E-state index is 0.112. The lowest BCUT2D eigenvalue weighted by Gasteiger charge is -2.33. The van der Waals surface area contributed by atoms with E-state index < -0.39 is 5.63 Å². The summed E-state index contributed by atoms with van der Waals surface area (Å²) in [5.41, 5.74) is 1.87. The molecule has 1 amide bonds. The Hall–Kier alpha value is -2.54. The standard InChI is InChI=1S/C25H35NO6/c1-7-14(2)18(13-27)26-21(28)9-8-16-15(3)22-20(30-6)12-19-17(23(22)31-24(16)29)10-11-25(4,5)32-19/h12,14,18,27H,7-11,13H2,1-6H3,(H,26,28)/t14-,18-/m1/s1. The molecule has 0 unspecified atom stereocenters. The first kappa shape index (κ1) is 24.1. The Kier molecular flexibility index (Phi) is 7.18. The predicted molar refractivity (Wildman–Crippen MR) is 124 cm³/mol. The first-order valence-electron chi connectivity index (χ1n) is 11.4. The maximum Gasteiger partial charge on any atom is 0.339 e. The van der Waals surface area contributed by atoms with Gasteiger partial charge in [0, 0.05) is 23.6 Å². The summed E-state index contributed by atoms with van der Waals surface area (Å²) in [4.78, 5) is 25.4. The van der Waals surface area contributed by atoms with E-state index in [1.165, 1.54) is 0 Å². The number of hydrogen-bond donors (Lipinski definition) is 2. The summed E-state index contributed by atoms with van der Waals surface area (Å²) in [6, 6.07) is 1.57. The van der Waals surface area contributed by atoms with Gasteiger partial charge in [-0.15, -0.1) is 0 Å². The quantitative estimate of drug-likeness (QED) is 0.602. The van der Waals surface area contributed by atoms with Gasteiger partial charge in [0.15, 0.2) is 0 Å². The zero-order chi connectivity index (χ0) is 23.6. The van der Waals surface area contributed by atoms with Crippen molar-refractivity contribution < 1.29 is 23.8 Å². The third-order valence-corrected chi connectivity index (χ3v) is 6.64. The fourth-order valence-electron chi connectivity index (χ4n) is 4.30. The number of carbonyl (C=O) groups is 1. The molecule has 1 aliphatic rings. The molecule has 7 nitrogen and oxygen atoms in total. The van der Waals surface area contributed by atoms with Gasteiger partial charge in [-0.2, -0.15) is 0 Å². The molecule has 1 aromatic carbocycles. The lowest BCUT2D eigenvalue weighted by atomic mass is 9.91. The van der Waals surface area contributed by atoms with Crippen LogP contribution in [0.2, 0.25) is 0 Å². The van der Waals surface area contributed by atoms with E-state index in [-0.39, 0.29) is 42.9 Å². The van der Waals surface area contributed by atoms with Crippen LogP contribution in [-0.4, -0.2) is 36.4 Å². The SMILES string of the molecule is CC[C@@H](C)[C@@H](CO)NC(=O)CCc1c(C)c2c(OC)cc3c(c2oc1=O)CCC(C)(C)O3. The summed E-state index contributed by atoms with van der Waals surface area (Å²) < 4.78 is 17.5. The zero-order valence-corrected chi connectivity index (χ0v) is 20.0. The lowest BCUT2D eigenvalue weighted by molar-refractivity contribution is -0.122. The summed E-state index contributed by atoms with van der Waals surface area (Å²) in [6.07, 6.45) is 2.79. The third-order valence-electron chi connectivity index (χ3n) is 6.64. The fourth-order valence-corrected chi connectivity index (χ4v) is 4.30. The number of hydrogen-bond acceptors (Lipinski definition) is 6. The molecule has 1 aromatic heterocycles. The van der Waals surface area contributed by atoms with E-state index in [1.54, 1.807) is 7.11 Å². The van der Waals surface area contributed by atoms with E-state index in [0.29, 0.717) is 22.6 Å². The van der Waals surface area contributed by atoms with Crippen LogP contribution in [0, 0.1) is 12.8 Å². The fraction of sp³-hybridized carbons (Fsp3) is 0.600. The second-order valence-electron chi connectivity index (χ2n) is 9.36. The molecule has 2 N–H and O–H groups in total. The highest BCUT2D eigenvalue weighted by molar-refractivity contribution is 5.92. The highest BCUT2D eigenvalue weighted by Gasteiger charge is 2.31. The van der Waals surface area contributed by atoms with Crippen LogP contribution in [0.4, 0.5) is 0 Å². The van der Waals surface area contributed by atoms with E-state index in [1.807, 2.05) is 40.7 Å². The number of nitrogens with one attached hydrogen (secondary N) is 1. The predicted octanol–water partition coefficient (Wildman–Crippen LogP) is 3.67. The number of ether oxygens (including phenoxy) is 2.